The number of rotatable bonds is 2. The predicted octanol–water partition coefficient (Wildman–Crippen LogP) is 3.14. The number of carbonyl (C=O) groups excluding carboxylic acids is 1. The van der Waals surface area contributed by atoms with Crippen LogP contribution in [-0.4, -0.2) is 20.5 Å². The maximum atomic E-state index is 13.0. The van der Waals surface area contributed by atoms with Crippen molar-refractivity contribution in [3.8, 4) is 5.75 Å². The SMILES string of the molecule is Cc1ccc([C@@H]2Oc3ccccc3C(=O)[C@H]2n2cncn2)cc1. The van der Waals surface area contributed by atoms with E-state index in [1.54, 1.807) is 17.1 Å². The van der Waals surface area contributed by atoms with Crippen LogP contribution >= 0.6 is 0 Å². The predicted molar refractivity (Wildman–Crippen MR) is 84.4 cm³/mol. The molecule has 0 saturated heterocycles. The van der Waals surface area contributed by atoms with Crippen LogP contribution in [0.3, 0.4) is 0 Å². The summed E-state index contributed by atoms with van der Waals surface area (Å²) >= 11 is 0. The lowest BCUT2D eigenvalue weighted by Crippen LogP contribution is -2.34. The Labute approximate surface area is 133 Å². The molecule has 0 radical (unpaired) electrons. The van der Waals surface area contributed by atoms with Gasteiger partial charge in [-0.15, -0.1) is 0 Å². The van der Waals surface area contributed by atoms with Gasteiger partial charge in [-0.25, -0.2) is 9.67 Å². The molecule has 0 fully saturated rings. The second kappa shape index (κ2) is 5.35. The highest BCUT2D eigenvalue weighted by Gasteiger charge is 2.39. The van der Waals surface area contributed by atoms with E-state index in [2.05, 4.69) is 10.1 Å². The molecule has 0 N–H and O–H groups in total. The van der Waals surface area contributed by atoms with Crippen LogP contribution in [-0.2, 0) is 0 Å². The van der Waals surface area contributed by atoms with Crippen molar-refractivity contribution in [2.75, 3.05) is 0 Å². The van der Waals surface area contributed by atoms with Gasteiger partial charge in [-0.1, -0.05) is 42.0 Å². The Bertz CT molecular complexity index is 841. The zero-order chi connectivity index (χ0) is 15.8. The van der Waals surface area contributed by atoms with Crippen LogP contribution in [0.15, 0.2) is 61.2 Å². The number of aryl methyl sites for hydroxylation is 1. The van der Waals surface area contributed by atoms with E-state index in [9.17, 15) is 4.79 Å². The molecule has 2 aromatic carbocycles. The van der Waals surface area contributed by atoms with Crippen LogP contribution in [0, 0.1) is 6.92 Å². The number of aromatic nitrogens is 3. The van der Waals surface area contributed by atoms with Gasteiger partial charge < -0.3 is 4.74 Å². The maximum absolute atomic E-state index is 13.0. The Morgan fingerprint density at radius 2 is 1.87 bits per heavy atom. The molecule has 3 aromatic rings. The summed E-state index contributed by atoms with van der Waals surface area (Å²) in [5.41, 5.74) is 2.68. The van der Waals surface area contributed by atoms with Gasteiger partial charge in [-0.05, 0) is 24.6 Å². The third-order valence-corrected chi connectivity index (χ3v) is 4.09. The lowest BCUT2D eigenvalue weighted by Gasteiger charge is -2.32. The van der Waals surface area contributed by atoms with Gasteiger partial charge in [-0.3, -0.25) is 4.79 Å². The molecule has 0 aliphatic carbocycles. The minimum absolute atomic E-state index is 0.0112. The van der Waals surface area contributed by atoms with Crippen molar-refractivity contribution in [3.63, 3.8) is 0 Å². The summed E-state index contributed by atoms with van der Waals surface area (Å²) in [5.74, 6) is 0.599. The smallest absolute Gasteiger partial charge is 0.195 e. The molecule has 1 aliphatic rings. The summed E-state index contributed by atoms with van der Waals surface area (Å²) in [6, 6.07) is 14.8. The fraction of sp³-hybridized carbons (Fsp3) is 0.167. The van der Waals surface area contributed by atoms with Crippen LogP contribution < -0.4 is 4.74 Å². The fourth-order valence-corrected chi connectivity index (χ4v) is 2.90. The first-order valence-electron chi connectivity index (χ1n) is 7.44. The van der Waals surface area contributed by atoms with Crippen molar-refractivity contribution < 1.29 is 9.53 Å². The van der Waals surface area contributed by atoms with Gasteiger partial charge in [-0.2, -0.15) is 5.10 Å². The van der Waals surface area contributed by atoms with Crippen LogP contribution in [0.25, 0.3) is 0 Å². The molecule has 2 atom stereocenters. The van der Waals surface area contributed by atoms with E-state index >= 15 is 0 Å². The van der Waals surface area contributed by atoms with E-state index in [-0.39, 0.29) is 5.78 Å². The second-order valence-corrected chi connectivity index (χ2v) is 5.63. The average molecular weight is 305 g/mol. The lowest BCUT2D eigenvalue weighted by atomic mass is 9.91. The van der Waals surface area contributed by atoms with Gasteiger partial charge in [0.25, 0.3) is 0 Å². The molecular formula is C18H15N3O2. The van der Waals surface area contributed by atoms with Gasteiger partial charge in [0.05, 0.1) is 5.56 Å². The molecule has 0 saturated carbocycles. The van der Waals surface area contributed by atoms with Crippen molar-refractivity contribution in [2.45, 2.75) is 19.1 Å². The number of carbonyl (C=O) groups is 1. The van der Waals surface area contributed by atoms with Crippen LogP contribution in [0.4, 0.5) is 0 Å². The van der Waals surface area contributed by atoms with E-state index in [0.29, 0.717) is 11.3 Å². The third-order valence-electron chi connectivity index (χ3n) is 4.09. The minimum Gasteiger partial charge on any atom is -0.482 e. The Balaban J connectivity index is 1.85. The number of hydrogen-bond donors (Lipinski definition) is 0. The number of fused-ring (bicyclic) bond motifs is 1. The summed E-state index contributed by atoms with van der Waals surface area (Å²) in [4.78, 5) is 17.0. The molecule has 1 aromatic heterocycles. The molecule has 1 aliphatic heterocycles. The lowest BCUT2D eigenvalue weighted by molar-refractivity contribution is 0.0653. The third kappa shape index (κ3) is 2.30. The largest absolute Gasteiger partial charge is 0.482 e. The van der Waals surface area contributed by atoms with E-state index < -0.39 is 12.1 Å². The molecule has 0 unspecified atom stereocenters. The number of nitrogens with zero attached hydrogens (tertiary/aromatic N) is 3. The molecule has 4 rings (SSSR count). The number of para-hydroxylation sites is 1. The van der Waals surface area contributed by atoms with Gasteiger partial charge in [0, 0.05) is 0 Å². The molecular weight excluding hydrogens is 290 g/mol. The van der Waals surface area contributed by atoms with E-state index in [1.165, 1.54) is 6.33 Å². The number of ketones is 1. The number of ether oxygens (including phenoxy) is 1. The average Bonchev–Trinajstić information content (AvgIpc) is 3.09. The summed E-state index contributed by atoms with van der Waals surface area (Å²) < 4.78 is 7.73. The minimum atomic E-state index is -0.560. The van der Waals surface area contributed by atoms with Gasteiger partial charge in [0.15, 0.2) is 17.9 Å². The van der Waals surface area contributed by atoms with Crippen molar-refractivity contribution in [2.24, 2.45) is 0 Å². The normalized spacial score (nSPS) is 20.0. The van der Waals surface area contributed by atoms with Crippen molar-refractivity contribution in [1.29, 1.82) is 0 Å². The van der Waals surface area contributed by atoms with Crippen molar-refractivity contribution >= 4 is 5.78 Å². The highest BCUT2D eigenvalue weighted by Crippen LogP contribution is 2.40. The summed E-state index contributed by atoms with van der Waals surface area (Å²) in [6.45, 7) is 2.03. The quantitative estimate of drug-likeness (QED) is 0.730. The Morgan fingerprint density at radius 1 is 1.09 bits per heavy atom. The molecule has 2 heterocycles. The van der Waals surface area contributed by atoms with E-state index in [0.717, 1.165) is 11.1 Å². The maximum Gasteiger partial charge on any atom is 0.195 e. The molecule has 5 heteroatoms. The summed E-state index contributed by atoms with van der Waals surface area (Å²) in [6.07, 6.45) is 2.56. The molecule has 0 bridgehead atoms. The highest BCUT2D eigenvalue weighted by atomic mass is 16.5. The van der Waals surface area contributed by atoms with Gasteiger partial charge in [0.2, 0.25) is 0 Å². The zero-order valence-corrected chi connectivity index (χ0v) is 12.6. The number of hydrogen-bond acceptors (Lipinski definition) is 4. The van der Waals surface area contributed by atoms with Crippen molar-refractivity contribution in [3.05, 3.63) is 77.9 Å². The second-order valence-electron chi connectivity index (χ2n) is 5.63. The van der Waals surface area contributed by atoms with Gasteiger partial charge in [0.1, 0.15) is 18.4 Å². The summed E-state index contributed by atoms with van der Waals surface area (Å²) in [5, 5.41) is 4.16. The van der Waals surface area contributed by atoms with Crippen LogP contribution in [0.1, 0.15) is 33.6 Å². The van der Waals surface area contributed by atoms with Gasteiger partial charge >= 0.3 is 0 Å². The fourth-order valence-electron chi connectivity index (χ4n) is 2.90. The number of Topliss-reactive ketones (excluding diaryl/α,β-unsaturated/α-hetero) is 1. The van der Waals surface area contributed by atoms with E-state index in [4.69, 9.17) is 4.74 Å². The molecule has 0 spiro atoms. The topological polar surface area (TPSA) is 57.0 Å². The molecule has 23 heavy (non-hydrogen) atoms. The first-order chi connectivity index (χ1) is 11.2. The van der Waals surface area contributed by atoms with E-state index in [1.807, 2.05) is 49.4 Å². The Kier molecular flexibility index (Phi) is 3.19. The molecule has 5 nitrogen and oxygen atoms in total. The first-order valence-corrected chi connectivity index (χ1v) is 7.44. The Hall–Kier alpha value is -2.95. The standard InChI is InChI=1S/C18H15N3O2/c1-12-6-8-13(9-7-12)18-16(21-11-19-10-20-21)17(22)14-4-2-3-5-15(14)23-18/h2-11,16,18H,1H3/t16-,18+/m1/s1. The first kappa shape index (κ1) is 13.7. The number of benzene rings is 2. The monoisotopic (exact) mass is 305 g/mol. The van der Waals surface area contributed by atoms with Crippen LogP contribution in [0.2, 0.25) is 0 Å². The molecule has 114 valence electrons. The van der Waals surface area contributed by atoms with Crippen molar-refractivity contribution in [1.82, 2.24) is 14.8 Å². The highest BCUT2D eigenvalue weighted by molar-refractivity contribution is 6.02. The Morgan fingerprint density at radius 3 is 2.61 bits per heavy atom. The van der Waals surface area contributed by atoms with Crippen LogP contribution in [0.5, 0.6) is 5.75 Å². The molecule has 0 amide bonds. The summed E-state index contributed by atoms with van der Waals surface area (Å²) in [7, 11) is 0. The zero-order valence-electron chi connectivity index (χ0n) is 12.6.